The monoisotopic (exact) mass is 384 g/mol. The number of alkyl carbamates (subject to hydrolysis) is 1. The Morgan fingerprint density at radius 3 is 2.45 bits per heavy atom. The minimum atomic E-state index is -0.444. The molecule has 0 unspecified atom stereocenters. The highest BCUT2D eigenvalue weighted by molar-refractivity contribution is 5.79. The third-order valence-corrected chi connectivity index (χ3v) is 4.75. The number of amides is 1. The summed E-state index contributed by atoms with van der Waals surface area (Å²) in [6, 6.07) is 18.2. The average Bonchev–Trinajstić information content (AvgIpc) is 3.06. The zero-order valence-electron chi connectivity index (χ0n) is 15.8. The van der Waals surface area contributed by atoms with Crippen molar-refractivity contribution in [3.8, 4) is 23.0 Å². The second-order valence-electron chi connectivity index (χ2n) is 6.60. The molecule has 0 radical (unpaired) electrons. The summed E-state index contributed by atoms with van der Waals surface area (Å²) in [5, 5.41) is 2.73. The summed E-state index contributed by atoms with van der Waals surface area (Å²) in [6.45, 7) is 0.690. The number of nitrogens with zero attached hydrogens (tertiary/aromatic N) is 2. The largest absolute Gasteiger partial charge is 0.449 e. The van der Waals surface area contributed by atoms with E-state index in [1.165, 1.54) is 22.3 Å². The maximum absolute atomic E-state index is 12.1. The van der Waals surface area contributed by atoms with E-state index >= 15 is 0 Å². The van der Waals surface area contributed by atoms with Gasteiger partial charge >= 0.3 is 6.09 Å². The van der Waals surface area contributed by atoms with Gasteiger partial charge in [0, 0.05) is 25.1 Å². The lowest BCUT2D eigenvalue weighted by Crippen LogP contribution is -2.26. The van der Waals surface area contributed by atoms with Crippen molar-refractivity contribution in [2.24, 2.45) is 0 Å². The van der Waals surface area contributed by atoms with Gasteiger partial charge in [0.2, 0.25) is 5.95 Å². The topological polar surface area (TPSA) is 90.1 Å². The highest BCUT2D eigenvalue weighted by Crippen LogP contribution is 2.44. The summed E-state index contributed by atoms with van der Waals surface area (Å²) in [7, 11) is 0. The minimum Gasteiger partial charge on any atom is -0.449 e. The van der Waals surface area contributed by atoms with E-state index in [1.54, 1.807) is 12.3 Å². The van der Waals surface area contributed by atoms with Gasteiger partial charge in [0.05, 0.1) is 0 Å². The van der Waals surface area contributed by atoms with Gasteiger partial charge in [-0.15, -0.1) is 0 Å². The van der Waals surface area contributed by atoms with Crippen LogP contribution in [0.2, 0.25) is 0 Å². The van der Waals surface area contributed by atoms with Crippen LogP contribution < -0.4 is 11.1 Å². The number of hydrogen-bond acceptors (Lipinski definition) is 5. The number of anilines is 1. The fourth-order valence-electron chi connectivity index (χ4n) is 3.47. The minimum absolute atomic E-state index is 0.0520. The lowest BCUT2D eigenvalue weighted by Gasteiger charge is -2.14. The number of fused-ring (bicyclic) bond motifs is 3. The van der Waals surface area contributed by atoms with Crippen LogP contribution in [-0.4, -0.2) is 29.2 Å². The van der Waals surface area contributed by atoms with Crippen molar-refractivity contribution in [3.05, 3.63) is 77.6 Å². The second-order valence-corrected chi connectivity index (χ2v) is 6.60. The highest BCUT2D eigenvalue weighted by Gasteiger charge is 2.28. The zero-order valence-corrected chi connectivity index (χ0v) is 15.8. The lowest BCUT2D eigenvalue weighted by atomic mass is 9.98. The van der Waals surface area contributed by atoms with Gasteiger partial charge in [-0.25, -0.2) is 14.8 Å². The van der Waals surface area contributed by atoms with Crippen molar-refractivity contribution in [1.82, 2.24) is 15.3 Å². The molecule has 4 rings (SSSR count). The summed E-state index contributed by atoms with van der Waals surface area (Å²) >= 11 is 0. The molecule has 3 N–H and O–H groups in total. The Morgan fingerprint density at radius 2 is 1.76 bits per heavy atom. The number of nitrogens with two attached hydrogens (primary N) is 1. The number of benzene rings is 2. The summed E-state index contributed by atoms with van der Waals surface area (Å²) in [6.07, 6.45) is 1.59. The quantitative estimate of drug-likeness (QED) is 0.532. The fraction of sp³-hybridized carbons (Fsp3) is 0.174. The number of nitrogen functional groups attached to an aromatic ring is 1. The molecule has 1 amide bonds. The van der Waals surface area contributed by atoms with Gasteiger partial charge in [0.15, 0.2) is 0 Å². The Labute approximate surface area is 169 Å². The smallest absolute Gasteiger partial charge is 0.407 e. The molecule has 1 heterocycles. The van der Waals surface area contributed by atoms with Gasteiger partial charge in [-0.3, -0.25) is 0 Å². The molecule has 0 fully saturated rings. The Hall–Kier alpha value is -3.85. The summed E-state index contributed by atoms with van der Waals surface area (Å²) in [5.74, 6) is 6.07. The maximum atomic E-state index is 12.1. The Balaban J connectivity index is 1.29. The predicted molar refractivity (Wildman–Crippen MR) is 111 cm³/mol. The summed E-state index contributed by atoms with van der Waals surface area (Å²) < 4.78 is 5.48. The molecule has 29 heavy (non-hydrogen) atoms. The Kier molecular flexibility index (Phi) is 5.39. The summed E-state index contributed by atoms with van der Waals surface area (Å²) in [5.41, 5.74) is 10.9. The van der Waals surface area contributed by atoms with Gasteiger partial charge < -0.3 is 15.8 Å². The molecule has 0 saturated carbocycles. The molecular formula is C23H20N4O2. The van der Waals surface area contributed by atoms with Crippen molar-refractivity contribution in [1.29, 1.82) is 0 Å². The van der Waals surface area contributed by atoms with E-state index in [1.807, 2.05) is 24.3 Å². The van der Waals surface area contributed by atoms with Crippen LogP contribution in [0.3, 0.4) is 0 Å². The molecule has 0 saturated heterocycles. The molecule has 0 aliphatic heterocycles. The van der Waals surface area contributed by atoms with Crippen LogP contribution in [0, 0.1) is 11.8 Å². The van der Waals surface area contributed by atoms with Crippen LogP contribution >= 0.6 is 0 Å². The van der Waals surface area contributed by atoms with E-state index in [0.717, 1.165) is 0 Å². The van der Waals surface area contributed by atoms with Crippen molar-refractivity contribution in [2.75, 3.05) is 18.9 Å². The van der Waals surface area contributed by atoms with Crippen LogP contribution in [-0.2, 0) is 4.74 Å². The molecule has 0 spiro atoms. The first-order valence-corrected chi connectivity index (χ1v) is 9.38. The van der Waals surface area contributed by atoms with Crippen molar-refractivity contribution in [2.45, 2.75) is 12.3 Å². The van der Waals surface area contributed by atoms with Crippen LogP contribution in [0.4, 0.5) is 10.7 Å². The molecule has 1 aliphatic rings. The molecule has 1 aliphatic carbocycles. The number of carbonyl (C=O) groups excluding carboxylic acids is 1. The van der Waals surface area contributed by atoms with Gasteiger partial charge in [0.25, 0.3) is 0 Å². The van der Waals surface area contributed by atoms with Crippen molar-refractivity contribution < 1.29 is 9.53 Å². The summed E-state index contributed by atoms with van der Waals surface area (Å²) in [4.78, 5) is 19.9. The Morgan fingerprint density at radius 1 is 1.07 bits per heavy atom. The SMILES string of the molecule is Nc1nccc(C#CCCNC(=O)OCC2c3ccccc3-c3ccccc32)n1. The third-order valence-electron chi connectivity index (χ3n) is 4.75. The molecule has 6 nitrogen and oxygen atoms in total. The second kappa shape index (κ2) is 8.44. The van der Waals surface area contributed by atoms with E-state index < -0.39 is 6.09 Å². The zero-order chi connectivity index (χ0) is 20.1. The van der Waals surface area contributed by atoms with Crippen LogP contribution in [0.15, 0.2) is 60.8 Å². The van der Waals surface area contributed by atoms with Crippen LogP contribution in [0.25, 0.3) is 11.1 Å². The number of hydrogen-bond donors (Lipinski definition) is 2. The van der Waals surface area contributed by atoms with E-state index in [-0.39, 0.29) is 11.9 Å². The molecule has 0 bridgehead atoms. The normalized spacial score (nSPS) is 11.7. The maximum Gasteiger partial charge on any atom is 0.407 e. The van der Waals surface area contributed by atoms with E-state index in [0.29, 0.717) is 25.3 Å². The molecule has 2 aromatic carbocycles. The molecule has 144 valence electrons. The number of nitrogens with one attached hydrogen (secondary N) is 1. The van der Waals surface area contributed by atoms with E-state index in [2.05, 4.69) is 51.4 Å². The van der Waals surface area contributed by atoms with Crippen molar-refractivity contribution >= 4 is 12.0 Å². The van der Waals surface area contributed by atoms with Gasteiger partial charge in [-0.05, 0) is 34.2 Å². The van der Waals surface area contributed by atoms with Crippen LogP contribution in [0.1, 0.15) is 29.2 Å². The van der Waals surface area contributed by atoms with Crippen molar-refractivity contribution in [3.63, 3.8) is 0 Å². The van der Waals surface area contributed by atoms with E-state index in [4.69, 9.17) is 10.5 Å². The highest BCUT2D eigenvalue weighted by atomic mass is 16.5. The number of ether oxygens (including phenoxy) is 1. The lowest BCUT2D eigenvalue weighted by molar-refractivity contribution is 0.143. The van der Waals surface area contributed by atoms with E-state index in [9.17, 15) is 4.79 Å². The van der Waals surface area contributed by atoms with Gasteiger partial charge in [-0.1, -0.05) is 54.5 Å². The molecule has 6 heteroatoms. The van der Waals surface area contributed by atoms with Crippen LogP contribution in [0.5, 0.6) is 0 Å². The third kappa shape index (κ3) is 4.19. The number of rotatable bonds is 4. The average molecular weight is 384 g/mol. The molecule has 1 aromatic heterocycles. The predicted octanol–water partition coefficient (Wildman–Crippen LogP) is 3.34. The first-order chi connectivity index (χ1) is 14.2. The molecular weight excluding hydrogens is 364 g/mol. The fourth-order valence-corrected chi connectivity index (χ4v) is 3.47. The molecule has 0 atom stereocenters. The van der Waals surface area contributed by atoms with Gasteiger partial charge in [0.1, 0.15) is 12.3 Å². The van der Waals surface area contributed by atoms with Gasteiger partial charge in [-0.2, -0.15) is 0 Å². The Bertz CT molecular complexity index is 1060. The standard InChI is InChI=1S/C23H20N4O2/c24-22-25-14-12-16(27-22)7-5-6-13-26-23(28)29-15-21-19-10-3-1-8-17(19)18-9-2-4-11-20(18)21/h1-4,8-12,14,21H,6,13,15H2,(H,26,28)(H2,24,25,27). The first-order valence-electron chi connectivity index (χ1n) is 9.38. The first kappa shape index (κ1) is 18.5. The molecule has 3 aromatic rings. The number of carbonyl (C=O) groups is 1. The number of aromatic nitrogens is 2.